The Bertz CT molecular complexity index is 358. The smallest absolute Gasteiger partial charge is 0.125 e. The second kappa shape index (κ2) is 5.78. The van der Waals surface area contributed by atoms with E-state index < -0.39 is 0 Å². The highest BCUT2D eigenvalue weighted by Gasteiger charge is 2.12. The van der Waals surface area contributed by atoms with E-state index in [4.69, 9.17) is 11.6 Å². The lowest BCUT2D eigenvalue weighted by Crippen LogP contribution is -2.50. The van der Waals surface area contributed by atoms with E-state index in [0.29, 0.717) is 11.6 Å². The van der Waals surface area contributed by atoms with Crippen molar-refractivity contribution in [2.75, 3.05) is 33.2 Å². The van der Waals surface area contributed by atoms with Crippen molar-refractivity contribution in [2.24, 2.45) is 0 Å². The van der Waals surface area contributed by atoms with Gasteiger partial charge in [-0.05, 0) is 30.8 Å². The maximum absolute atomic E-state index is 13.1. The van der Waals surface area contributed by atoms with Crippen LogP contribution in [-0.2, 0) is 6.54 Å². The average Bonchev–Trinajstić information content (AvgIpc) is 2.27. The Morgan fingerprint density at radius 1 is 1.24 bits per heavy atom. The average molecular weight is 258 g/mol. The molecule has 1 aliphatic rings. The molecule has 0 bridgehead atoms. The lowest BCUT2D eigenvalue weighted by molar-refractivity contribution is 0.102. The van der Waals surface area contributed by atoms with Gasteiger partial charge < -0.3 is 4.90 Å². The fraction of sp³-hybridized carbons (Fsp3) is 0.500. The molecular formula is C12H17ClFN3. The summed E-state index contributed by atoms with van der Waals surface area (Å²) >= 11 is 5.80. The van der Waals surface area contributed by atoms with Crippen molar-refractivity contribution in [3.05, 3.63) is 34.6 Å². The first kappa shape index (κ1) is 12.8. The second-order valence-electron chi connectivity index (χ2n) is 4.40. The van der Waals surface area contributed by atoms with Gasteiger partial charge in [0.25, 0.3) is 0 Å². The number of hydrazine groups is 1. The van der Waals surface area contributed by atoms with Crippen LogP contribution in [-0.4, -0.2) is 43.1 Å². The van der Waals surface area contributed by atoms with Gasteiger partial charge >= 0.3 is 0 Å². The number of nitrogens with zero attached hydrogens (tertiary/aromatic N) is 2. The number of nitrogens with one attached hydrogen (secondary N) is 1. The van der Waals surface area contributed by atoms with E-state index in [1.165, 1.54) is 12.1 Å². The third-order valence-electron chi connectivity index (χ3n) is 2.93. The molecule has 0 aliphatic carbocycles. The molecule has 1 fully saturated rings. The van der Waals surface area contributed by atoms with Gasteiger partial charge in [-0.25, -0.2) is 9.40 Å². The number of rotatable bonds is 3. The molecule has 0 saturated carbocycles. The number of halogens is 2. The maximum atomic E-state index is 13.1. The van der Waals surface area contributed by atoms with Gasteiger partial charge in [0.2, 0.25) is 0 Å². The number of likely N-dealkylation sites (N-methyl/N-ethyl adjacent to an activating group) is 1. The number of piperazine rings is 1. The van der Waals surface area contributed by atoms with Crippen molar-refractivity contribution >= 4 is 11.6 Å². The molecule has 1 aromatic carbocycles. The van der Waals surface area contributed by atoms with Crippen LogP contribution < -0.4 is 5.43 Å². The highest BCUT2D eigenvalue weighted by atomic mass is 35.5. The van der Waals surface area contributed by atoms with Crippen molar-refractivity contribution < 1.29 is 4.39 Å². The minimum atomic E-state index is -0.285. The van der Waals surface area contributed by atoms with Crippen molar-refractivity contribution in [1.29, 1.82) is 0 Å². The van der Waals surface area contributed by atoms with Crippen LogP contribution >= 0.6 is 11.6 Å². The molecule has 1 N–H and O–H groups in total. The Labute approximate surface area is 106 Å². The molecule has 5 heteroatoms. The van der Waals surface area contributed by atoms with E-state index in [0.717, 1.165) is 31.7 Å². The molecule has 0 radical (unpaired) electrons. The monoisotopic (exact) mass is 257 g/mol. The predicted octanol–water partition coefficient (Wildman–Crippen LogP) is 1.73. The third kappa shape index (κ3) is 3.92. The van der Waals surface area contributed by atoms with Crippen LogP contribution in [0.2, 0.25) is 5.02 Å². The fourth-order valence-corrected chi connectivity index (χ4v) is 2.13. The van der Waals surface area contributed by atoms with E-state index in [2.05, 4.69) is 22.4 Å². The number of hydrogen-bond donors (Lipinski definition) is 1. The van der Waals surface area contributed by atoms with Crippen molar-refractivity contribution in [1.82, 2.24) is 15.3 Å². The van der Waals surface area contributed by atoms with Gasteiger partial charge in [0.15, 0.2) is 0 Å². The van der Waals surface area contributed by atoms with Crippen molar-refractivity contribution in [2.45, 2.75) is 6.54 Å². The summed E-state index contributed by atoms with van der Waals surface area (Å²) in [5, 5.41) is 2.61. The Kier molecular flexibility index (Phi) is 4.34. The third-order valence-corrected chi connectivity index (χ3v) is 3.15. The Balaban J connectivity index is 1.85. The summed E-state index contributed by atoms with van der Waals surface area (Å²) in [4.78, 5) is 2.29. The summed E-state index contributed by atoms with van der Waals surface area (Å²) < 4.78 is 13.1. The number of benzene rings is 1. The zero-order chi connectivity index (χ0) is 12.3. The standard InChI is InChI=1S/C12H17ClFN3/c1-16-2-4-17(5-3-16)15-9-10-6-11(13)8-12(14)7-10/h6-8,15H,2-5,9H2,1H3. The number of hydrogen-bond acceptors (Lipinski definition) is 3. The maximum Gasteiger partial charge on any atom is 0.125 e. The van der Waals surface area contributed by atoms with Gasteiger partial charge in [0, 0.05) is 37.7 Å². The highest BCUT2D eigenvalue weighted by Crippen LogP contribution is 2.14. The molecule has 0 spiro atoms. The lowest BCUT2D eigenvalue weighted by atomic mass is 10.2. The molecule has 1 aliphatic heterocycles. The summed E-state index contributed by atoms with van der Waals surface area (Å²) in [7, 11) is 2.11. The first-order valence-corrected chi connectivity index (χ1v) is 6.13. The van der Waals surface area contributed by atoms with Crippen molar-refractivity contribution in [3.8, 4) is 0 Å². The van der Waals surface area contributed by atoms with Gasteiger partial charge in [0.1, 0.15) is 5.82 Å². The fourth-order valence-electron chi connectivity index (χ4n) is 1.88. The Morgan fingerprint density at radius 2 is 1.94 bits per heavy atom. The molecule has 3 nitrogen and oxygen atoms in total. The molecular weight excluding hydrogens is 241 g/mol. The van der Waals surface area contributed by atoms with Crippen molar-refractivity contribution in [3.63, 3.8) is 0 Å². The van der Waals surface area contributed by atoms with Crippen LogP contribution in [0.3, 0.4) is 0 Å². The van der Waals surface area contributed by atoms with Crippen LogP contribution in [0.5, 0.6) is 0 Å². The van der Waals surface area contributed by atoms with Gasteiger partial charge in [-0.1, -0.05) is 11.6 Å². The van der Waals surface area contributed by atoms with Crippen LogP contribution in [0.1, 0.15) is 5.56 Å². The largest absolute Gasteiger partial charge is 0.304 e. The summed E-state index contributed by atoms with van der Waals surface area (Å²) in [6, 6.07) is 4.61. The normalized spacial score (nSPS) is 18.5. The quantitative estimate of drug-likeness (QED) is 0.890. The minimum Gasteiger partial charge on any atom is -0.304 e. The highest BCUT2D eigenvalue weighted by molar-refractivity contribution is 6.30. The predicted molar refractivity (Wildman–Crippen MR) is 67.3 cm³/mol. The summed E-state index contributed by atoms with van der Waals surface area (Å²) in [6.07, 6.45) is 0. The van der Waals surface area contributed by atoms with E-state index in [1.54, 1.807) is 6.07 Å². The summed E-state index contributed by atoms with van der Waals surface area (Å²) in [6.45, 7) is 4.69. The van der Waals surface area contributed by atoms with Gasteiger partial charge in [-0.2, -0.15) is 0 Å². The van der Waals surface area contributed by atoms with E-state index in [9.17, 15) is 4.39 Å². The molecule has 94 valence electrons. The topological polar surface area (TPSA) is 18.5 Å². The first-order chi connectivity index (χ1) is 8.13. The lowest BCUT2D eigenvalue weighted by Gasteiger charge is -2.32. The van der Waals surface area contributed by atoms with Crippen LogP contribution in [0.4, 0.5) is 4.39 Å². The summed E-state index contributed by atoms with van der Waals surface area (Å²) in [5.41, 5.74) is 4.16. The zero-order valence-electron chi connectivity index (χ0n) is 9.92. The van der Waals surface area contributed by atoms with E-state index in [1.807, 2.05) is 0 Å². The van der Waals surface area contributed by atoms with Gasteiger partial charge in [-0.15, -0.1) is 0 Å². The molecule has 1 heterocycles. The first-order valence-electron chi connectivity index (χ1n) is 5.75. The van der Waals surface area contributed by atoms with Gasteiger partial charge in [-0.3, -0.25) is 5.43 Å². The second-order valence-corrected chi connectivity index (χ2v) is 4.84. The SMILES string of the molecule is CN1CCN(NCc2cc(F)cc(Cl)c2)CC1. The van der Waals surface area contributed by atoms with Gasteiger partial charge in [0.05, 0.1) is 0 Å². The van der Waals surface area contributed by atoms with E-state index in [-0.39, 0.29) is 5.82 Å². The molecule has 1 saturated heterocycles. The molecule has 0 aromatic heterocycles. The minimum absolute atomic E-state index is 0.285. The Hall–Kier alpha value is -0.680. The van der Waals surface area contributed by atoms with Crippen LogP contribution in [0.15, 0.2) is 18.2 Å². The molecule has 2 rings (SSSR count). The van der Waals surface area contributed by atoms with E-state index >= 15 is 0 Å². The molecule has 0 atom stereocenters. The molecule has 0 amide bonds. The van der Waals surface area contributed by atoms with Crippen LogP contribution in [0, 0.1) is 5.82 Å². The Morgan fingerprint density at radius 3 is 2.59 bits per heavy atom. The summed E-state index contributed by atoms with van der Waals surface area (Å²) in [5.74, 6) is -0.285. The van der Waals surface area contributed by atoms with Crippen LogP contribution in [0.25, 0.3) is 0 Å². The molecule has 17 heavy (non-hydrogen) atoms. The zero-order valence-corrected chi connectivity index (χ0v) is 10.7. The molecule has 0 unspecified atom stereocenters. The molecule has 1 aromatic rings.